The van der Waals surface area contributed by atoms with Crippen molar-refractivity contribution in [3.05, 3.63) is 34.1 Å². The van der Waals surface area contributed by atoms with E-state index >= 15 is 0 Å². The molecule has 1 fully saturated rings. The summed E-state index contributed by atoms with van der Waals surface area (Å²) < 4.78 is 13.4. The zero-order valence-corrected chi connectivity index (χ0v) is 10.5. The molecule has 1 atom stereocenters. The molecule has 1 aromatic rings. The summed E-state index contributed by atoms with van der Waals surface area (Å²) in [6.07, 6.45) is 1.92. The lowest BCUT2D eigenvalue weighted by Gasteiger charge is -2.11. The highest BCUT2D eigenvalue weighted by Gasteiger charge is 2.32. The van der Waals surface area contributed by atoms with Gasteiger partial charge in [-0.3, -0.25) is 4.79 Å². The molecule has 1 unspecified atom stereocenters. The van der Waals surface area contributed by atoms with E-state index < -0.39 is 17.8 Å². The molecule has 1 aromatic carbocycles. The second-order valence-corrected chi connectivity index (χ2v) is 4.81. The van der Waals surface area contributed by atoms with Crippen LogP contribution in [-0.2, 0) is 0 Å². The zero-order valence-electron chi connectivity index (χ0n) is 8.91. The fraction of sp³-hybridized carbons (Fsp3) is 0.333. The minimum Gasteiger partial charge on any atom is -0.336 e. The molecule has 0 saturated heterocycles. The van der Waals surface area contributed by atoms with Gasteiger partial charge in [0, 0.05) is 0 Å². The van der Waals surface area contributed by atoms with Crippen molar-refractivity contribution >= 4 is 21.8 Å². The summed E-state index contributed by atoms with van der Waals surface area (Å²) in [4.78, 5) is 11.9. The van der Waals surface area contributed by atoms with Crippen molar-refractivity contribution in [2.24, 2.45) is 5.92 Å². The van der Waals surface area contributed by atoms with Crippen LogP contribution in [0.25, 0.3) is 0 Å². The van der Waals surface area contributed by atoms with Crippen LogP contribution in [0.2, 0.25) is 0 Å². The first-order valence-corrected chi connectivity index (χ1v) is 6.07. The fourth-order valence-electron chi connectivity index (χ4n) is 1.58. The Morgan fingerprint density at radius 1 is 1.59 bits per heavy atom. The van der Waals surface area contributed by atoms with Crippen LogP contribution < -0.4 is 5.32 Å². The van der Waals surface area contributed by atoms with Gasteiger partial charge in [0.15, 0.2) is 0 Å². The van der Waals surface area contributed by atoms with Crippen LogP contribution in [0.15, 0.2) is 22.7 Å². The Morgan fingerprint density at radius 2 is 2.29 bits per heavy atom. The van der Waals surface area contributed by atoms with E-state index in [-0.39, 0.29) is 16.0 Å². The fourth-order valence-corrected chi connectivity index (χ4v) is 2.03. The van der Waals surface area contributed by atoms with Gasteiger partial charge in [0.05, 0.1) is 16.1 Å². The Bertz CT molecular complexity index is 494. The summed E-state index contributed by atoms with van der Waals surface area (Å²) in [6, 6.07) is 5.83. The highest BCUT2D eigenvalue weighted by atomic mass is 79.9. The molecule has 2 rings (SSSR count). The van der Waals surface area contributed by atoms with Crippen LogP contribution in [0.1, 0.15) is 23.2 Å². The van der Waals surface area contributed by atoms with Gasteiger partial charge in [-0.05, 0) is 46.8 Å². The second kappa shape index (κ2) is 4.84. The molecule has 0 radical (unpaired) electrons. The van der Waals surface area contributed by atoms with Crippen molar-refractivity contribution in [2.45, 2.75) is 18.9 Å². The summed E-state index contributed by atoms with van der Waals surface area (Å²) >= 11 is 3.03. The highest BCUT2D eigenvalue weighted by molar-refractivity contribution is 9.10. The van der Waals surface area contributed by atoms with Gasteiger partial charge in [-0.25, -0.2) is 4.39 Å². The van der Waals surface area contributed by atoms with Gasteiger partial charge in [0.1, 0.15) is 11.9 Å². The standard InChI is InChI=1S/C12H10BrFN2O/c13-11-8(2-1-3-9(11)14)12(17)16-10(6-15)7-4-5-7/h1-3,7,10H,4-5H2,(H,16,17). The molecule has 0 spiro atoms. The second-order valence-electron chi connectivity index (χ2n) is 4.02. The van der Waals surface area contributed by atoms with Gasteiger partial charge >= 0.3 is 0 Å². The molecular formula is C12H10BrFN2O. The Hall–Kier alpha value is -1.41. The number of benzene rings is 1. The molecule has 3 nitrogen and oxygen atoms in total. The van der Waals surface area contributed by atoms with Gasteiger partial charge in [-0.1, -0.05) is 6.07 Å². The number of amides is 1. The number of hydrogen-bond donors (Lipinski definition) is 1. The minimum absolute atomic E-state index is 0.130. The van der Waals surface area contributed by atoms with Crippen LogP contribution in [0.5, 0.6) is 0 Å². The average Bonchev–Trinajstić information content (AvgIpc) is 3.13. The quantitative estimate of drug-likeness (QED) is 0.932. The summed E-state index contributed by atoms with van der Waals surface area (Å²) in [5, 5.41) is 11.5. The molecule has 1 saturated carbocycles. The lowest BCUT2D eigenvalue weighted by molar-refractivity contribution is 0.0940. The van der Waals surface area contributed by atoms with E-state index in [0.717, 1.165) is 12.8 Å². The van der Waals surface area contributed by atoms with Gasteiger partial charge < -0.3 is 5.32 Å². The third kappa shape index (κ3) is 2.64. The molecule has 0 heterocycles. The molecule has 5 heteroatoms. The maximum absolute atomic E-state index is 13.2. The topological polar surface area (TPSA) is 52.9 Å². The molecule has 1 N–H and O–H groups in total. The number of halogens is 2. The van der Waals surface area contributed by atoms with E-state index in [4.69, 9.17) is 5.26 Å². The first-order chi connectivity index (χ1) is 8.13. The maximum atomic E-state index is 13.2. The number of nitriles is 1. The molecule has 1 amide bonds. The smallest absolute Gasteiger partial charge is 0.253 e. The van der Waals surface area contributed by atoms with Crippen molar-refractivity contribution in [2.75, 3.05) is 0 Å². The van der Waals surface area contributed by atoms with Crippen LogP contribution in [0, 0.1) is 23.1 Å². The van der Waals surface area contributed by atoms with Crippen molar-refractivity contribution < 1.29 is 9.18 Å². The van der Waals surface area contributed by atoms with E-state index in [1.54, 1.807) is 0 Å². The summed E-state index contributed by atoms with van der Waals surface area (Å²) in [6.45, 7) is 0. The van der Waals surface area contributed by atoms with Crippen LogP contribution in [-0.4, -0.2) is 11.9 Å². The third-order valence-electron chi connectivity index (χ3n) is 2.72. The lowest BCUT2D eigenvalue weighted by atomic mass is 10.1. The number of carbonyl (C=O) groups is 1. The zero-order chi connectivity index (χ0) is 12.4. The molecule has 17 heavy (non-hydrogen) atoms. The molecule has 1 aliphatic carbocycles. The Kier molecular flexibility index (Phi) is 3.43. The third-order valence-corrected chi connectivity index (χ3v) is 3.52. The van der Waals surface area contributed by atoms with E-state index in [2.05, 4.69) is 27.3 Å². The van der Waals surface area contributed by atoms with Gasteiger partial charge in [-0.2, -0.15) is 5.26 Å². The first kappa shape index (κ1) is 12.1. The largest absolute Gasteiger partial charge is 0.336 e. The molecule has 1 aliphatic rings. The monoisotopic (exact) mass is 296 g/mol. The lowest BCUT2D eigenvalue weighted by Crippen LogP contribution is -2.35. The number of nitrogens with zero attached hydrogens (tertiary/aromatic N) is 1. The average molecular weight is 297 g/mol. The highest BCUT2D eigenvalue weighted by Crippen LogP contribution is 2.32. The number of nitrogens with one attached hydrogen (secondary N) is 1. The van der Waals surface area contributed by atoms with Crippen molar-refractivity contribution in [3.63, 3.8) is 0 Å². The van der Waals surface area contributed by atoms with Crippen LogP contribution >= 0.6 is 15.9 Å². The predicted molar refractivity (Wildman–Crippen MR) is 63.7 cm³/mol. The van der Waals surface area contributed by atoms with E-state index in [1.165, 1.54) is 18.2 Å². The predicted octanol–water partition coefficient (Wildman–Crippen LogP) is 2.62. The number of carbonyl (C=O) groups excluding carboxylic acids is 1. The molecule has 0 aromatic heterocycles. The maximum Gasteiger partial charge on any atom is 0.253 e. The minimum atomic E-state index is -0.488. The number of hydrogen-bond acceptors (Lipinski definition) is 2. The Labute approximate surface area is 107 Å². The van der Waals surface area contributed by atoms with Gasteiger partial charge in [-0.15, -0.1) is 0 Å². The molecular weight excluding hydrogens is 287 g/mol. The van der Waals surface area contributed by atoms with Crippen molar-refractivity contribution in [1.82, 2.24) is 5.32 Å². The summed E-state index contributed by atoms with van der Waals surface area (Å²) in [5.41, 5.74) is 0.214. The van der Waals surface area contributed by atoms with Gasteiger partial charge in [0.25, 0.3) is 5.91 Å². The number of rotatable bonds is 3. The summed E-state index contributed by atoms with van der Waals surface area (Å²) in [7, 11) is 0. The van der Waals surface area contributed by atoms with Crippen LogP contribution in [0.3, 0.4) is 0 Å². The van der Waals surface area contributed by atoms with Crippen molar-refractivity contribution in [1.29, 1.82) is 5.26 Å². The van der Waals surface area contributed by atoms with E-state index in [9.17, 15) is 9.18 Å². The normalized spacial score (nSPS) is 16.1. The molecule has 0 aliphatic heterocycles. The molecule has 88 valence electrons. The van der Waals surface area contributed by atoms with Crippen molar-refractivity contribution in [3.8, 4) is 6.07 Å². The molecule has 0 bridgehead atoms. The Morgan fingerprint density at radius 3 is 2.88 bits per heavy atom. The van der Waals surface area contributed by atoms with Crippen LogP contribution in [0.4, 0.5) is 4.39 Å². The van der Waals surface area contributed by atoms with E-state index in [1.807, 2.05) is 0 Å². The summed E-state index contributed by atoms with van der Waals surface area (Å²) in [5.74, 6) is -0.663. The Balaban J connectivity index is 2.14. The SMILES string of the molecule is N#CC(NC(=O)c1cccc(F)c1Br)C1CC1. The first-order valence-electron chi connectivity index (χ1n) is 5.28. The van der Waals surface area contributed by atoms with Gasteiger partial charge in [0.2, 0.25) is 0 Å². The van der Waals surface area contributed by atoms with E-state index in [0.29, 0.717) is 0 Å².